The first-order valence-electron chi connectivity index (χ1n) is 6.58. The lowest BCUT2D eigenvalue weighted by atomic mass is 10.2. The number of rotatable bonds is 2. The Balaban J connectivity index is 0.00000116. The number of aryl methyl sites for hydroxylation is 1. The minimum Gasteiger partial charge on any atom is -0.464 e. The van der Waals surface area contributed by atoms with Crippen LogP contribution >= 0.6 is 0 Å². The topological polar surface area (TPSA) is 77.0 Å². The first-order valence-corrected chi connectivity index (χ1v) is 6.58. The summed E-state index contributed by atoms with van der Waals surface area (Å²) in [5, 5.41) is 2.09. The van der Waals surface area contributed by atoms with Gasteiger partial charge in [-0.15, -0.1) is 0 Å². The zero-order chi connectivity index (χ0) is 17.1. The van der Waals surface area contributed by atoms with E-state index in [4.69, 9.17) is 0 Å². The number of fused-ring (bicyclic) bond motifs is 1. The highest BCUT2D eigenvalue weighted by molar-refractivity contribution is 6.01. The third kappa shape index (κ3) is 3.12. The minimum absolute atomic E-state index is 0.00245. The smallest absolute Gasteiger partial charge is 0.433 e. The van der Waals surface area contributed by atoms with Crippen molar-refractivity contribution in [1.82, 2.24) is 14.8 Å². The van der Waals surface area contributed by atoms with Crippen molar-refractivity contribution in [2.45, 2.75) is 33.5 Å². The number of aromatic nitrogens is 3. The number of aromatic amines is 1. The Morgan fingerprint density at radius 3 is 2.45 bits per heavy atom. The molecule has 0 aliphatic carbocycles. The SMILES string of the molecule is CC.CCn1[nH]c(=O)c2cc(C(F)(F)F)nc(C(=O)OC)c21. The van der Waals surface area contributed by atoms with Crippen LogP contribution in [0.1, 0.15) is 37.0 Å². The number of nitrogens with one attached hydrogen (secondary N) is 1. The molecule has 2 aromatic rings. The molecule has 0 amide bonds. The zero-order valence-corrected chi connectivity index (χ0v) is 12.5. The van der Waals surface area contributed by atoms with Gasteiger partial charge in [0.15, 0.2) is 5.69 Å². The highest BCUT2D eigenvalue weighted by atomic mass is 19.4. The molecule has 0 atom stereocenters. The van der Waals surface area contributed by atoms with Crippen LogP contribution in [0.4, 0.5) is 13.2 Å². The number of carbonyl (C=O) groups excluding carboxylic acids is 1. The maximum atomic E-state index is 12.7. The number of hydrogen-bond donors (Lipinski definition) is 1. The van der Waals surface area contributed by atoms with Crippen LogP contribution in [-0.4, -0.2) is 27.8 Å². The van der Waals surface area contributed by atoms with Crippen LogP contribution in [-0.2, 0) is 17.5 Å². The van der Waals surface area contributed by atoms with Crippen molar-refractivity contribution >= 4 is 16.9 Å². The second-order valence-electron chi connectivity index (χ2n) is 3.93. The molecule has 0 saturated carbocycles. The maximum absolute atomic E-state index is 12.7. The van der Waals surface area contributed by atoms with Crippen molar-refractivity contribution in [3.63, 3.8) is 0 Å². The van der Waals surface area contributed by atoms with Crippen LogP contribution in [0.2, 0.25) is 0 Å². The average Bonchev–Trinajstić information content (AvgIpc) is 2.83. The van der Waals surface area contributed by atoms with E-state index in [2.05, 4.69) is 14.8 Å². The summed E-state index contributed by atoms with van der Waals surface area (Å²) in [5.41, 5.74) is -2.58. The van der Waals surface area contributed by atoms with Gasteiger partial charge in [0.05, 0.1) is 12.5 Å². The van der Waals surface area contributed by atoms with Gasteiger partial charge in [-0.3, -0.25) is 14.6 Å². The van der Waals surface area contributed by atoms with E-state index >= 15 is 0 Å². The number of esters is 1. The van der Waals surface area contributed by atoms with E-state index in [0.717, 1.165) is 7.11 Å². The summed E-state index contributed by atoms with van der Waals surface area (Å²) in [6.45, 7) is 5.92. The molecular weight excluding hydrogens is 303 g/mol. The lowest BCUT2D eigenvalue weighted by molar-refractivity contribution is -0.141. The molecule has 0 fully saturated rings. The van der Waals surface area contributed by atoms with Crippen LogP contribution in [0, 0.1) is 0 Å². The van der Waals surface area contributed by atoms with Gasteiger partial charge in [0.2, 0.25) is 0 Å². The molecule has 0 radical (unpaired) electrons. The predicted molar refractivity (Wildman–Crippen MR) is 73.7 cm³/mol. The Labute approximate surface area is 123 Å². The molecule has 0 aromatic carbocycles. The summed E-state index contributed by atoms with van der Waals surface area (Å²) in [5.74, 6) is -1.04. The molecule has 0 saturated heterocycles. The molecule has 22 heavy (non-hydrogen) atoms. The van der Waals surface area contributed by atoms with Gasteiger partial charge < -0.3 is 4.74 Å². The summed E-state index contributed by atoms with van der Waals surface area (Å²) in [6, 6.07) is 0.618. The Hall–Kier alpha value is -2.32. The summed E-state index contributed by atoms with van der Waals surface area (Å²) in [4.78, 5) is 26.6. The fraction of sp³-hybridized carbons (Fsp3) is 0.462. The summed E-state index contributed by atoms with van der Waals surface area (Å²) >= 11 is 0. The second-order valence-corrected chi connectivity index (χ2v) is 3.93. The molecular formula is C13H16F3N3O3. The van der Waals surface area contributed by atoms with Gasteiger partial charge in [-0.25, -0.2) is 9.78 Å². The fourth-order valence-electron chi connectivity index (χ4n) is 1.84. The fourth-order valence-corrected chi connectivity index (χ4v) is 1.84. The number of alkyl halides is 3. The summed E-state index contributed by atoms with van der Waals surface area (Å²) < 4.78 is 43.9. The Bertz CT molecular complexity index is 732. The highest BCUT2D eigenvalue weighted by Gasteiger charge is 2.35. The monoisotopic (exact) mass is 319 g/mol. The number of H-pyrrole nitrogens is 1. The summed E-state index contributed by atoms with van der Waals surface area (Å²) in [6.07, 6.45) is -4.77. The normalized spacial score (nSPS) is 11.0. The molecule has 0 unspecified atom stereocenters. The quantitative estimate of drug-likeness (QED) is 0.863. The Morgan fingerprint density at radius 1 is 1.41 bits per heavy atom. The number of carbonyl (C=O) groups is 1. The molecule has 9 heteroatoms. The van der Waals surface area contributed by atoms with Gasteiger partial charge in [-0.1, -0.05) is 13.8 Å². The lowest BCUT2D eigenvalue weighted by Gasteiger charge is -2.09. The van der Waals surface area contributed by atoms with Crippen LogP contribution in [0.15, 0.2) is 10.9 Å². The Kier molecular flexibility index (Phi) is 5.34. The van der Waals surface area contributed by atoms with Gasteiger partial charge in [-0.05, 0) is 13.0 Å². The molecule has 6 nitrogen and oxygen atoms in total. The molecule has 2 aromatic heterocycles. The van der Waals surface area contributed by atoms with Crippen molar-refractivity contribution in [3.05, 3.63) is 27.8 Å². The van der Waals surface area contributed by atoms with E-state index in [9.17, 15) is 22.8 Å². The third-order valence-electron chi connectivity index (χ3n) is 2.73. The first kappa shape index (κ1) is 17.7. The van der Waals surface area contributed by atoms with Crippen LogP contribution in [0.5, 0.6) is 0 Å². The van der Waals surface area contributed by atoms with E-state index in [-0.39, 0.29) is 17.4 Å². The molecule has 2 heterocycles. The number of ether oxygens (including phenoxy) is 1. The van der Waals surface area contributed by atoms with Gasteiger partial charge >= 0.3 is 12.1 Å². The maximum Gasteiger partial charge on any atom is 0.433 e. The van der Waals surface area contributed by atoms with Crippen molar-refractivity contribution in [3.8, 4) is 0 Å². The second kappa shape index (κ2) is 6.63. The van der Waals surface area contributed by atoms with Gasteiger partial charge in [0, 0.05) is 6.54 Å². The summed E-state index contributed by atoms with van der Waals surface area (Å²) in [7, 11) is 1.02. The standard InChI is InChI=1S/C11H10F3N3O3.C2H6/c1-3-17-8-5(9(18)16-17)4-6(11(12,13)14)15-7(8)10(19)20-2;1-2/h4H,3H2,1-2H3,(H,16,18);1-2H3. The van der Waals surface area contributed by atoms with Gasteiger partial charge in [-0.2, -0.15) is 13.2 Å². The molecule has 0 bridgehead atoms. The van der Waals surface area contributed by atoms with Crippen LogP contribution in [0.25, 0.3) is 10.9 Å². The molecule has 122 valence electrons. The van der Waals surface area contributed by atoms with Crippen molar-refractivity contribution in [2.75, 3.05) is 7.11 Å². The van der Waals surface area contributed by atoms with Crippen LogP contribution in [0.3, 0.4) is 0 Å². The van der Waals surface area contributed by atoms with Crippen molar-refractivity contribution in [2.24, 2.45) is 0 Å². The highest BCUT2D eigenvalue weighted by Crippen LogP contribution is 2.30. The minimum atomic E-state index is -4.77. The zero-order valence-electron chi connectivity index (χ0n) is 12.5. The van der Waals surface area contributed by atoms with Gasteiger partial charge in [0.25, 0.3) is 5.56 Å². The number of pyridine rings is 1. The predicted octanol–water partition coefficient (Wildman–Crippen LogP) is 2.58. The number of halogens is 3. The van der Waals surface area contributed by atoms with Crippen molar-refractivity contribution < 1.29 is 22.7 Å². The number of methoxy groups -OCH3 is 1. The van der Waals surface area contributed by atoms with Crippen molar-refractivity contribution in [1.29, 1.82) is 0 Å². The lowest BCUT2D eigenvalue weighted by Crippen LogP contribution is -2.15. The number of hydrogen-bond acceptors (Lipinski definition) is 4. The van der Waals surface area contributed by atoms with E-state index in [1.807, 2.05) is 13.8 Å². The largest absolute Gasteiger partial charge is 0.464 e. The Morgan fingerprint density at radius 2 is 2.00 bits per heavy atom. The van der Waals surface area contributed by atoms with E-state index in [1.165, 1.54) is 4.68 Å². The molecule has 2 rings (SSSR count). The van der Waals surface area contributed by atoms with Gasteiger partial charge in [0.1, 0.15) is 11.2 Å². The molecule has 0 spiro atoms. The van der Waals surface area contributed by atoms with E-state index in [1.54, 1.807) is 6.92 Å². The molecule has 1 N–H and O–H groups in total. The first-order chi connectivity index (χ1) is 10.3. The molecule has 0 aliphatic rings. The van der Waals surface area contributed by atoms with Crippen LogP contribution < -0.4 is 5.56 Å². The molecule has 0 aliphatic heterocycles. The third-order valence-corrected chi connectivity index (χ3v) is 2.73. The average molecular weight is 319 g/mol. The number of nitrogens with zero attached hydrogens (tertiary/aromatic N) is 2. The van der Waals surface area contributed by atoms with E-state index < -0.39 is 29.1 Å². The van der Waals surface area contributed by atoms with E-state index in [0.29, 0.717) is 6.07 Å².